The van der Waals surface area contributed by atoms with Gasteiger partial charge in [0.15, 0.2) is 6.10 Å². The summed E-state index contributed by atoms with van der Waals surface area (Å²) in [7, 11) is 0. The fraction of sp³-hybridized carbons (Fsp3) is 0.500. The van der Waals surface area contributed by atoms with Crippen LogP contribution >= 0.6 is 11.6 Å². The van der Waals surface area contributed by atoms with Crippen molar-refractivity contribution in [2.45, 2.75) is 38.1 Å². The average molecular weight is 319 g/mol. The molecule has 0 unspecified atom stereocenters. The Bertz CT molecular complexity index is 583. The van der Waals surface area contributed by atoms with Crippen LogP contribution in [0.15, 0.2) is 12.1 Å². The highest BCUT2D eigenvalue weighted by atomic mass is 35.5. The monoisotopic (exact) mass is 318 g/mol. The number of halogens is 4. The molecule has 2 atom stereocenters. The predicted molar refractivity (Wildman–Crippen MR) is 74.9 cm³/mol. The molecule has 0 aliphatic carbocycles. The number of nitrogens with zero attached hydrogens (tertiary/aromatic N) is 2. The first-order valence-electron chi connectivity index (χ1n) is 6.45. The summed E-state index contributed by atoms with van der Waals surface area (Å²) >= 11 is 6.07. The van der Waals surface area contributed by atoms with Gasteiger partial charge in [-0.25, -0.2) is 4.85 Å². The second kappa shape index (κ2) is 5.74. The lowest BCUT2D eigenvalue weighted by Gasteiger charge is -2.32. The smallest absolute Gasteiger partial charge is 0.382 e. The van der Waals surface area contributed by atoms with Crippen LogP contribution in [-0.2, 0) is 0 Å². The maximum atomic E-state index is 12.7. The number of benzene rings is 1. The van der Waals surface area contributed by atoms with Crippen LogP contribution < -0.4 is 4.90 Å². The second-order valence-corrected chi connectivity index (χ2v) is 5.42. The summed E-state index contributed by atoms with van der Waals surface area (Å²) in [6.45, 7) is 9.08. The summed E-state index contributed by atoms with van der Waals surface area (Å²) in [6, 6.07) is 2.07. The molecule has 114 valence electrons. The van der Waals surface area contributed by atoms with E-state index < -0.39 is 18.3 Å². The van der Waals surface area contributed by atoms with Crippen LogP contribution in [0.5, 0.6) is 0 Å². The number of aliphatic hydroxyl groups is 1. The fourth-order valence-electron chi connectivity index (χ4n) is 2.70. The minimum Gasteiger partial charge on any atom is -0.382 e. The van der Waals surface area contributed by atoms with Crippen LogP contribution in [0.1, 0.15) is 18.4 Å². The highest BCUT2D eigenvalue weighted by molar-refractivity contribution is 6.34. The number of anilines is 1. The molecule has 7 heteroatoms. The topological polar surface area (TPSA) is 27.8 Å². The van der Waals surface area contributed by atoms with Gasteiger partial charge in [0, 0.05) is 12.2 Å². The lowest BCUT2D eigenvalue weighted by Crippen LogP contribution is -2.47. The lowest BCUT2D eigenvalue weighted by atomic mass is 10.1. The van der Waals surface area contributed by atoms with E-state index in [1.54, 1.807) is 13.0 Å². The van der Waals surface area contributed by atoms with Crippen molar-refractivity contribution in [1.82, 2.24) is 0 Å². The zero-order valence-corrected chi connectivity index (χ0v) is 12.0. The molecule has 21 heavy (non-hydrogen) atoms. The van der Waals surface area contributed by atoms with Gasteiger partial charge in [-0.2, -0.15) is 13.2 Å². The molecule has 2 rings (SSSR count). The number of aliphatic hydroxyl groups excluding tert-OH is 1. The van der Waals surface area contributed by atoms with Crippen molar-refractivity contribution in [2.75, 3.05) is 11.4 Å². The van der Waals surface area contributed by atoms with E-state index in [0.29, 0.717) is 24.2 Å². The van der Waals surface area contributed by atoms with E-state index in [0.717, 1.165) is 0 Å². The van der Waals surface area contributed by atoms with Crippen molar-refractivity contribution in [3.05, 3.63) is 34.1 Å². The molecule has 0 amide bonds. The van der Waals surface area contributed by atoms with Crippen molar-refractivity contribution >= 4 is 23.0 Å². The minimum absolute atomic E-state index is 0.245. The molecule has 1 saturated heterocycles. The van der Waals surface area contributed by atoms with E-state index in [1.165, 1.54) is 11.0 Å². The van der Waals surface area contributed by atoms with Crippen LogP contribution in [0, 0.1) is 13.5 Å². The maximum Gasteiger partial charge on any atom is 0.416 e. The van der Waals surface area contributed by atoms with E-state index in [9.17, 15) is 18.3 Å². The van der Waals surface area contributed by atoms with Gasteiger partial charge in [-0.15, -0.1) is 0 Å². The molecule has 1 aromatic carbocycles. The van der Waals surface area contributed by atoms with Gasteiger partial charge in [-0.1, -0.05) is 17.7 Å². The maximum absolute atomic E-state index is 12.7. The molecule has 1 N–H and O–H groups in total. The van der Waals surface area contributed by atoms with E-state index in [4.69, 9.17) is 18.2 Å². The summed E-state index contributed by atoms with van der Waals surface area (Å²) in [5, 5.41) is 9.78. The van der Waals surface area contributed by atoms with Gasteiger partial charge in [0.25, 0.3) is 0 Å². The predicted octanol–water partition coefficient (Wildman–Crippen LogP) is 4.09. The van der Waals surface area contributed by atoms with Crippen LogP contribution in [0.2, 0.25) is 5.02 Å². The summed E-state index contributed by atoms with van der Waals surface area (Å²) in [5.41, 5.74) is 1.37. The average Bonchev–Trinajstić information content (AvgIpc) is 2.88. The van der Waals surface area contributed by atoms with E-state index in [2.05, 4.69) is 4.85 Å². The SMILES string of the molecule is [C-]#[N+]c1ccc(N2CCC[C@@H]2[C@@H](O)C(F)(F)F)c(C)c1Cl. The molecule has 0 saturated carbocycles. The third-order valence-corrected chi connectivity index (χ3v) is 4.24. The Morgan fingerprint density at radius 1 is 1.48 bits per heavy atom. The summed E-state index contributed by atoms with van der Waals surface area (Å²) in [4.78, 5) is 4.80. The third kappa shape index (κ3) is 2.94. The molecule has 3 nitrogen and oxygen atoms in total. The Morgan fingerprint density at radius 3 is 2.71 bits per heavy atom. The summed E-state index contributed by atoms with van der Waals surface area (Å²) in [6.07, 6.45) is -6.21. The Kier molecular flexibility index (Phi) is 4.35. The molecule has 1 aliphatic heterocycles. The molecule has 1 heterocycles. The third-order valence-electron chi connectivity index (χ3n) is 3.77. The molecular weight excluding hydrogens is 305 g/mol. The lowest BCUT2D eigenvalue weighted by molar-refractivity contribution is -0.209. The minimum atomic E-state index is -4.65. The van der Waals surface area contributed by atoms with Gasteiger partial charge in [0.2, 0.25) is 5.69 Å². The van der Waals surface area contributed by atoms with Crippen LogP contribution in [0.3, 0.4) is 0 Å². The van der Waals surface area contributed by atoms with E-state index in [-0.39, 0.29) is 17.1 Å². The van der Waals surface area contributed by atoms with Crippen LogP contribution in [-0.4, -0.2) is 30.0 Å². The number of hydrogen-bond donors (Lipinski definition) is 1. The second-order valence-electron chi connectivity index (χ2n) is 5.04. The first-order valence-corrected chi connectivity index (χ1v) is 6.83. The largest absolute Gasteiger partial charge is 0.416 e. The number of rotatable bonds is 2. The van der Waals surface area contributed by atoms with Crippen LogP contribution in [0.4, 0.5) is 24.5 Å². The summed E-state index contributed by atoms with van der Waals surface area (Å²) in [5.74, 6) is 0. The fourth-order valence-corrected chi connectivity index (χ4v) is 2.90. The van der Waals surface area contributed by atoms with Gasteiger partial charge >= 0.3 is 6.18 Å². The van der Waals surface area contributed by atoms with Crippen molar-refractivity contribution in [2.24, 2.45) is 0 Å². The van der Waals surface area contributed by atoms with Crippen LogP contribution in [0.25, 0.3) is 4.85 Å². The van der Waals surface area contributed by atoms with Crippen molar-refractivity contribution in [1.29, 1.82) is 0 Å². The highest BCUT2D eigenvalue weighted by Gasteiger charge is 2.47. The van der Waals surface area contributed by atoms with Crippen molar-refractivity contribution < 1.29 is 18.3 Å². The van der Waals surface area contributed by atoms with Gasteiger partial charge in [-0.3, -0.25) is 0 Å². The number of hydrogen-bond acceptors (Lipinski definition) is 2. The molecule has 0 radical (unpaired) electrons. The van der Waals surface area contributed by atoms with Crippen molar-refractivity contribution in [3.63, 3.8) is 0 Å². The molecule has 1 aliphatic rings. The molecule has 0 bridgehead atoms. The zero-order chi connectivity index (χ0) is 15.8. The Labute approximate surface area is 125 Å². The van der Waals surface area contributed by atoms with Gasteiger partial charge < -0.3 is 10.0 Å². The highest BCUT2D eigenvalue weighted by Crippen LogP contribution is 2.39. The Morgan fingerprint density at radius 2 is 2.14 bits per heavy atom. The van der Waals surface area contributed by atoms with Crippen molar-refractivity contribution in [3.8, 4) is 0 Å². The quantitative estimate of drug-likeness (QED) is 0.832. The molecule has 1 aromatic rings. The molecule has 0 spiro atoms. The zero-order valence-electron chi connectivity index (χ0n) is 11.3. The first kappa shape index (κ1) is 15.9. The van der Waals surface area contributed by atoms with Gasteiger partial charge in [0.05, 0.1) is 17.6 Å². The molecular formula is C14H14ClF3N2O. The molecule has 1 fully saturated rings. The Balaban J connectivity index is 2.38. The molecule has 0 aromatic heterocycles. The van der Waals surface area contributed by atoms with Gasteiger partial charge in [-0.05, 0) is 31.4 Å². The van der Waals surface area contributed by atoms with E-state index >= 15 is 0 Å². The van der Waals surface area contributed by atoms with Gasteiger partial charge in [0.1, 0.15) is 0 Å². The normalized spacial score (nSPS) is 20.4. The Hall–Kier alpha value is -1.45. The first-order chi connectivity index (χ1) is 9.77. The number of alkyl halides is 3. The van der Waals surface area contributed by atoms with E-state index in [1.807, 2.05) is 0 Å². The summed E-state index contributed by atoms with van der Waals surface area (Å²) < 4.78 is 38.2. The standard InChI is InChI=1S/C14H14ClF3N2O/c1-8-10(6-5-9(19-2)12(8)15)20-7-3-4-11(20)13(21)14(16,17)18/h5-6,11,13,21H,3-4,7H2,1H3/t11-,13-/m1/s1.